The maximum absolute atomic E-state index is 12.2. The van der Waals surface area contributed by atoms with E-state index in [1.807, 2.05) is 24.3 Å². The first-order valence-corrected chi connectivity index (χ1v) is 10.6. The highest BCUT2D eigenvalue weighted by atomic mass is 32.2. The van der Waals surface area contributed by atoms with E-state index in [1.165, 1.54) is 0 Å². The summed E-state index contributed by atoms with van der Waals surface area (Å²) in [6, 6.07) is 7.30. The van der Waals surface area contributed by atoms with E-state index in [0.29, 0.717) is 23.4 Å². The number of aromatic nitrogens is 3. The molecule has 7 nitrogen and oxygen atoms in total. The average molecular weight is 402 g/mol. The molecule has 8 heteroatoms. The van der Waals surface area contributed by atoms with Crippen molar-refractivity contribution in [3.05, 3.63) is 42.1 Å². The average Bonchev–Trinajstić information content (AvgIpc) is 3.08. The number of anilines is 1. The van der Waals surface area contributed by atoms with Crippen molar-refractivity contribution < 1.29 is 9.53 Å². The Kier molecular flexibility index (Phi) is 6.61. The van der Waals surface area contributed by atoms with Crippen LogP contribution >= 0.6 is 11.8 Å². The number of benzene rings is 1. The Balaban J connectivity index is 1.94. The summed E-state index contributed by atoms with van der Waals surface area (Å²) in [7, 11) is 0. The zero-order valence-electron chi connectivity index (χ0n) is 16.4. The fourth-order valence-electron chi connectivity index (χ4n) is 3.15. The second-order valence-electron chi connectivity index (χ2n) is 6.76. The number of rotatable bonds is 9. The van der Waals surface area contributed by atoms with Gasteiger partial charge in [-0.1, -0.05) is 50.7 Å². The molecular formula is C20H27N5O2S. The Hall–Kier alpha value is -2.48. The van der Waals surface area contributed by atoms with Crippen molar-refractivity contribution in [2.45, 2.75) is 44.3 Å². The quantitative estimate of drug-likeness (QED) is 0.492. The second kappa shape index (κ2) is 9.14. The summed E-state index contributed by atoms with van der Waals surface area (Å²) < 4.78 is 7.41. The van der Waals surface area contributed by atoms with Crippen molar-refractivity contribution in [2.24, 2.45) is 11.7 Å². The normalized spacial score (nSPS) is 18.4. The lowest BCUT2D eigenvalue weighted by atomic mass is 9.89. The van der Waals surface area contributed by atoms with Crippen LogP contribution in [0.25, 0.3) is 0 Å². The van der Waals surface area contributed by atoms with Crippen LogP contribution in [0.1, 0.15) is 44.7 Å². The molecule has 1 amide bonds. The van der Waals surface area contributed by atoms with E-state index in [4.69, 9.17) is 10.5 Å². The minimum absolute atomic E-state index is 0.394. The summed E-state index contributed by atoms with van der Waals surface area (Å²) in [6.45, 7) is 8.89. The number of unbranched alkanes of at least 4 members (excludes halogenated alkanes) is 1. The van der Waals surface area contributed by atoms with Gasteiger partial charge in [0.2, 0.25) is 17.0 Å². The van der Waals surface area contributed by atoms with Gasteiger partial charge in [0.25, 0.3) is 0 Å². The molecular weight excluding hydrogens is 374 g/mol. The van der Waals surface area contributed by atoms with Crippen LogP contribution in [-0.4, -0.2) is 33.0 Å². The van der Waals surface area contributed by atoms with Gasteiger partial charge in [-0.05, 0) is 30.5 Å². The Labute approximate surface area is 169 Å². The number of hydrogen-bond acceptors (Lipinski definition) is 6. The van der Waals surface area contributed by atoms with Gasteiger partial charge in [-0.25, -0.2) is 4.68 Å². The van der Waals surface area contributed by atoms with E-state index in [0.717, 1.165) is 36.3 Å². The Morgan fingerprint density at radius 1 is 1.32 bits per heavy atom. The van der Waals surface area contributed by atoms with Gasteiger partial charge in [-0.2, -0.15) is 4.98 Å². The van der Waals surface area contributed by atoms with E-state index >= 15 is 0 Å². The van der Waals surface area contributed by atoms with Crippen molar-refractivity contribution in [1.29, 1.82) is 0 Å². The predicted molar refractivity (Wildman–Crippen MR) is 111 cm³/mol. The first kappa shape index (κ1) is 20.3. The third kappa shape index (κ3) is 4.32. The maximum Gasteiger partial charge on any atom is 0.229 e. The van der Waals surface area contributed by atoms with Crippen molar-refractivity contribution in [2.75, 3.05) is 17.7 Å². The lowest BCUT2D eigenvalue weighted by molar-refractivity contribution is -0.121. The first-order valence-electron chi connectivity index (χ1n) is 9.62. The van der Waals surface area contributed by atoms with Crippen LogP contribution in [0, 0.1) is 5.92 Å². The summed E-state index contributed by atoms with van der Waals surface area (Å²) in [4.78, 5) is 16.8. The molecule has 1 aromatic heterocycles. The number of thioether (sulfide) groups is 1. The van der Waals surface area contributed by atoms with Gasteiger partial charge in [0.05, 0.1) is 12.6 Å². The molecule has 1 aliphatic heterocycles. The summed E-state index contributed by atoms with van der Waals surface area (Å²) in [5.74, 6) is 1.26. The summed E-state index contributed by atoms with van der Waals surface area (Å²) in [5, 5.41) is 8.42. The van der Waals surface area contributed by atoms with Crippen molar-refractivity contribution in [1.82, 2.24) is 14.8 Å². The van der Waals surface area contributed by atoms with Crippen molar-refractivity contribution in [3.63, 3.8) is 0 Å². The third-order valence-corrected chi connectivity index (χ3v) is 5.49. The molecule has 0 unspecified atom stereocenters. The highest BCUT2D eigenvalue weighted by Gasteiger charge is 2.39. The van der Waals surface area contributed by atoms with Gasteiger partial charge in [0, 0.05) is 11.4 Å². The van der Waals surface area contributed by atoms with E-state index in [-0.39, 0.29) is 0 Å². The number of amides is 1. The number of primary amides is 1. The molecule has 1 aromatic carbocycles. The van der Waals surface area contributed by atoms with Crippen LogP contribution in [0.5, 0.6) is 5.75 Å². The number of ether oxygens (including phenoxy) is 1. The molecule has 0 saturated carbocycles. The Bertz CT molecular complexity index is 834. The number of carbonyl (C=O) groups excluding carboxylic acids is 1. The summed E-state index contributed by atoms with van der Waals surface area (Å²) in [5.41, 5.74) is 7.16. The number of hydrogen-bond donors (Lipinski definition) is 2. The van der Waals surface area contributed by atoms with Gasteiger partial charge in [0.15, 0.2) is 0 Å². The lowest BCUT2D eigenvalue weighted by Gasteiger charge is -2.32. The van der Waals surface area contributed by atoms with E-state index < -0.39 is 17.9 Å². The molecule has 0 spiro atoms. The summed E-state index contributed by atoms with van der Waals surface area (Å²) in [6.07, 6.45) is 3.16. The molecule has 0 aliphatic carbocycles. The molecule has 3 rings (SSSR count). The van der Waals surface area contributed by atoms with Gasteiger partial charge in [-0.3, -0.25) is 4.79 Å². The van der Waals surface area contributed by atoms with Crippen LogP contribution < -0.4 is 15.8 Å². The highest BCUT2D eigenvalue weighted by Crippen LogP contribution is 2.38. The molecule has 0 bridgehead atoms. The van der Waals surface area contributed by atoms with Gasteiger partial charge >= 0.3 is 0 Å². The fraction of sp³-hybridized carbons (Fsp3) is 0.450. The van der Waals surface area contributed by atoms with E-state index in [2.05, 4.69) is 35.8 Å². The smallest absolute Gasteiger partial charge is 0.229 e. The van der Waals surface area contributed by atoms with Crippen LogP contribution in [-0.2, 0) is 4.79 Å². The van der Waals surface area contributed by atoms with Gasteiger partial charge in [-0.15, -0.1) is 5.10 Å². The molecule has 0 saturated heterocycles. The topological polar surface area (TPSA) is 95.1 Å². The molecule has 3 N–H and O–H groups in total. The Morgan fingerprint density at radius 2 is 2.07 bits per heavy atom. The zero-order valence-corrected chi connectivity index (χ0v) is 17.2. The van der Waals surface area contributed by atoms with E-state index in [9.17, 15) is 4.79 Å². The highest BCUT2D eigenvalue weighted by molar-refractivity contribution is 7.99. The van der Waals surface area contributed by atoms with Crippen molar-refractivity contribution >= 4 is 23.6 Å². The van der Waals surface area contributed by atoms with E-state index in [1.54, 1.807) is 16.4 Å². The Morgan fingerprint density at radius 3 is 2.71 bits per heavy atom. The molecule has 150 valence electrons. The van der Waals surface area contributed by atoms with Crippen molar-refractivity contribution in [3.8, 4) is 5.75 Å². The van der Waals surface area contributed by atoms with Crippen LogP contribution in [0.3, 0.4) is 0 Å². The first-order chi connectivity index (χ1) is 13.5. The number of carbonyl (C=O) groups is 1. The molecule has 28 heavy (non-hydrogen) atoms. The molecule has 2 aromatic rings. The molecule has 0 radical (unpaired) electrons. The van der Waals surface area contributed by atoms with Gasteiger partial charge < -0.3 is 15.8 Å². The lowest BCUT2D eigenvalue weighted by Crippen LogP contribution is -2.40. The SMILES string of the molecule is C=C1Nc2nc(SCCCC)nn2[C@@H](c2ccc(OCCC)cc2)[C@@H]1C(N)=O. The molecule has 2 atom stereocenters. The number of nitrogens with zero attached hydrogens (tertiary/aromatic N) is 3. The standard InChI is InChI=1S/C20H27N5O2S/c1-4-6-12-28-20-23-19-22-13(3)16(18(21)26)17(25(19)24-20)14-7-9-15(10-8-14)27-11-5-2/h7-10,16-17H,3-6,11-12H2,1-2H3,(H2,21,26)(H,22,23,24)/t16-,17+/m1/s1. The minimum atomic E-state index is -0.620. The molecule has 0 fully saturated rings. The molecule has 1 aliphatic rings. The third-order valence-electron chi connectivity index (χ3n) is 4.57. The number of nitrogens with one attached hydrogen (secondary N) is 1. The number of nitrogens with two attached hydrogens (primary N) is 1. The van der Waals surface area contributed by atoms with Gasteiger partial charge in [0.1, 0.15) is 11.7 Å². The second-order valence-corrected chi connectivity index (χ2v) is 7.82. The fourth-order valence-corrected chi connectivity index (χ4v) is 4.06. The van der Waals surface area contributed by atoms with Crippen LogP contribution in [0.4, 0.5) is 5.95 Å². The monoisotopic (exact) mass is 401 g/mol. The van der Waals surface area contributed by atoms with Crippen LogP contribution in [0.15, 0.2) is 41.7 Å². The summed E-state index contributed by atoms with van der Waals surface area (Å²) >= 11 is 1.61. The largest absolute Gasteiger partial charge is 0.494 e. The zero-order chi connectivity index (χ0) is 20.1. The number of fused-ring (bicyclic) bond motifs is 1. The van der Waals surface area contributed by atoms with Crippen LogP contribution in [0.2, 0.25) is 0 Å². The molecule has 2 heterocycles. The minimum Gasteiger partial charge on any atom is -0.494 e. The predicted octanol–water partition coefficient (Wildman–Crippen LogP) is 3.59. The maximum atomic E-state index is 12.2.